The molecule has 0 bridgehead atoms. The highest BCUT2D eigenvalue weighted by molar-refractivity contribution is 9.10. The number of hydrogen-bond donors (Lipinski definition) is 0. The first kappa shape index (κ1) is 15.4. The van der Waals surface area contributed by atoms with Crippen LogP contribution >= 0.6 is 15.9 Å². The van der Waals surface area contributed by atoms with Crippen LogP contribution in [0.5, 0.6) is 0 Å². The second kappa shape index (κ2) is 5.80. The van der Waals surface area contributed by atoms with E-state index >= 15 is 0 Å². The molecule has 0 amide bonds. The fourth-order valence-electron chi connectivity index (χ4n) is 1.64. The van der Waals surface area contributed by atoms with E-state index in [4.69, 9.17) is 4.74 Å². The van der Waals surface area contributed by atoms with Crippen molar-refractivity contribution >= 4 is 21.9 Å². The smallest absolute Gasteiger partial charge is 0.369 e. The van der Waals surface area contributed by atoms with Crippen molar-refractivity contribution in [2.24, 2.45) is 0 Å². The van der Waals surface area contributed by atoms with Crippen LogP contribution in [0.4, 0.5) is 0 Å². The minimum atomic E-state index is -0.610. The van der Waals surface area contributed by atoms with Crippen LogP contribution in [0, 0.1) is 0 Å². The Bertz CT molecular complexity index is 715. The molecule has 7 nitrogen and oxygen atoms in total. The van der Waals surface area contributed by atoms with E-state index in [0.717, 1.165) is 13.8 Å². The van der Waals surface area contributed by atoms with E-state index in [2.05, 4.69) is 26.4 Å². The Labute approximate surface area is 129 Å². The molecule has 1 aromatic heterocycles. The lowest BCUT2D eigenvalue weighted by atomic mass is 10.2. The predicted molar refractivity (Wildman–Crippen MR) is 79.2 cm³/mol. The van der Waals surface area contributed by atoms with Crippen molar-refractivity contribution in [1.29, 1.82) is 0 Å². The van der Waals surface area contributed by atoms with Gasteiger partial charge in [-0.25, -0.2) is 4.79 Å². The number of nitrogens with zero attached hydrogens (tertiary/aromatic N) is 4. The second-order valence-electron chi connectivity index (χ2n) is 5.40. The monoisotopic (exact) mass is 354 g/mol. The summed E-state index contributed by atoms with van der Waals surface area (Å²) in [5.74, 6) is -0.536. The standard InChI is InChI=1S/C13H15BrN4O3/c1-13(2,3)21-11(19)8-17-12(20)18(16-15-17)10-6-4-5-9(14)7-10/h4-7H,8H2,1-3H3. The minimum absolute atomic E-state index is 0.274. The number of rotatable bonds is 3. The number of benzene rings is 1. The van der Waals surface area contributed by atoms with E-state index in [1.54, 1.807) is 39.0 Å². The number of tetrazole rings is 1. The summed E-state index contributed by atoms with van der Waals surface area (Å²) < 4.78 is 8.05. The molecule has 0 saturated carbocycles. The summed E-state index contributed by atoms with van der Waals surface area (Å²) in [6, 6.07) is 7.06. The quantitative estimate of drug-likeness (QED) is 0.781. The molecular weight excluding hydrogens is 340 g/mol. The molecule has 0 saturated heterocycles. The summed E-state index contributed by atoms with van der Waals surface area (Å²) in [6.45, 7) is 4.99. The van der Waals surface area contributed by atoms with Gasteiger partial charge in [0.1, 0.15) is 12.1 Å². The van der Waals surface area contributed by atoms with E-state index in [1.165, 1.54) is 0 Å². The third kappa shape index (κ3) is 4.01. The van der Waals surface area contributed by atoms with Crippen LogP contribution in [0.15, 0.2) is 33.5 Å². The van der Waals surface area contributed by atoms with Gasteiger partial charge in [-0.15, -0.1) is 0 Å². The summed E-state index contributed by atoms with van der Waals surface area (Å²) in [5.41, 5.74) is -0.551. The number of aromatic nitrogens is 4. The van der Waals surface area contributed by atoms with E-state index in [0.29, 0.717) is 5.69 Å². The van der Waals surface area contributed by atoms with Gasteiger partial charge in [-0.3, -0.25) is 4.79 Å². The van der Waals surface area contributed by atoms with Crippen molar-refractivity contribution in [1.82, 2.24) is 19.8 Å². The lowest BCUT2D eigenvalue weighted by Gasteiger charge is -2.18. The Hall–Kier alpha value is -1.96. The van der Waals surface area contributed by atoms with Gasteiger partial charge in [-0.2, -0.15) is 9.36 Å². The maximum atomic E-state index is 12.2. The Morgan fingerprint density at radius 1 is 1.33 bits per heavy atom. The number of carbonyl (C=O) groups excluding carboxylic acids is 1. The zero-order valence-corrected chi connectivity index (χ0v) is 13.5. The molecule has 112 valence electrons. The topological polar surface area (TPSA) is 79.0 Å². The molecule has 2 rings (SSSR count). The van der Waals surface area contributed by atoms with Gasteiger partial charge in [0.15, 0.2) is 0 Å². The van der Waals surface area contributed by atoms with Crippen molar-refractivity contribution in [3.05, 3.63) is 39.2 Å². The van der Waals surface area contributed by atoms with Crippen molar-refractivity contribution in [2.45, 2.75) is 32.9 Å². The Morgan fingerprint density at radius 3 is 2.67 bits per heavy atom. The molecule has 8 heteroatoms. The molecule has 0 aliphatic carbocycles. The lowest BCUT2D eigenvalue weighted by Crippen LogP contribution is -2.31. The first-order valence-electron chi connectivity index (χ1n) is 6.27. The van der Waals surface area contributed by atoms with Crippen LogP contribution in [-0.4, -0.2) is 31.4 Å². The van der Waals surface area contributed by atoms with Gasteiger partial charge in [-0.1, -0.05) is 22.0 Å². The van der Waals surface area contributed by atoms with E-state index < -0.39 is 17.3 Å². The Morgan fingerprint density at radius 2 is 2.05 bits per heavy atom. The number of esters is 1. The predicted octanol–water partition coefficient (Wildman–Crippen LogP) is 1.53. The summed E-state index contributed by atoms with van der Waals surface area (Å²) in [4.78, 5) is 23.9. The molecule has 0 spiro atoms. The number of ether oxygens (including phenoxy) is 1. The zero-order chi connectivity index (χ0) is 15.6. The molecule has 1 aromatic carbocycles. The number of halogens is 1. The first-order valence-corrected chi connectivity index (χ1v) is 7.06. The van der Waals surface area contributed by atoms with Gasteiger partial charge in [0.25, 0.3) is 0 Å². The molecule has 2 aromatic rings. The maximum absolute atomic E-state index is 12.2. The highest BCUT2D eigenvalue weighted by Gasteiger charge is 2.19. The van der Waals surface area contributed by atoms with Crippen LogP contribution < -0.4 is 5.69 Å². The highest BCUT2D eigenvalue weighted by atomic mass is 79.9. The Balaban J connectivity index is 2.22. The summed E-state index contributed by atoms with van der Waals surface area (Å²) in [5, 5.41) is 7.46. The molecule has 0 aliphatic rings. The van der Waals surface area contributed by atoms with Crippen LogP contribution in [0.25, 0.3) is 5.69 Å². The number of carbonyl (C=O) groups is 1. The normalized spacial score (nSPS) is 11.4. The molecule has 0 fully saturated rings. The molecule has 1 heterocycles. The third-order valence-electron chi connectivity index (χ3n) is 2.39. The summed E-state index contributed by atoms with van der Waals surface area (Å²) in [7, 11) is 0. The molecule has 0 atom stereocenters. The van der Waals surface area contributed by atoms with Gasteiger partial charge in [-0.05, 0) is 49.4 Å². The van der Waals surface area contributed by atoms with Gasteiger partial charge in [0.05, 0.1) is 5.69 Å². The molecule has 0 unspecified atom stereocenters. The molecular formula is C13H15BrN4O3. The van der Waals surface area contributed by atoms with Gasteiger partial charge < -0.3 is 4.74 Å². The average molecular weight is 355 g/mol. The van der Waals surface area contributed by atoms with E-state index in [1.807, 2.05) is 6.07 Å². The van der Waals surface area contributed by atoms with E-state index in [-0.39, 0.29) is 6.54 Å². The maximum Gasteiger partial charge on any atom is 0.369 e. The number of hydrogen-bond acceptors (Lipinski definition) is 5. The lowest BCUT2D eigenvalue weighted by molar-refractivity contribution is -0.155. The van der Waals surface area contributed by atoms with Crippen molar-refractivity contribution < 1.29 is 9.53 Å². The first-order chi connectivity index (χ1) is 9.76. The van der Waals surface area contributed by atoms with Crippen LogP contribution in [0.1, 0.15) is 20.8 Å². The SMILES string of the molecule is CC(C)(C)OC(=O)Cn1nnn(-c2cccc(Br)c2)c1=O. The highest BCUT2D eigenvalue weighted by Crippen LogP contribution is 2.13. The minimum Gasteiger partial charge on any atom is -0.459 e. The zero-order valence-electron chi connectivity index (χ0n) is 11.9. The van der Waals surface area contributed by atoms with Crippen LogP contribution in [0.3, 0.4) is 0 Å². The van der Waals surface area contributed by atoms with E-state index in [9.17, 15) is 9.59 Å². The van der Waals surface area contributed by atoms with Crippen molar-refractivity contribution in [3.8, 4) is 5.69 Å². The summed E-state index contributed by atoms with van der Waals surface area (Å²) >= 11 is 3.32. The fourth-order valence-corrected chi connectivity index (χ4v) is 2.03. The fraction of sp³-hybridized carbons (Fsp3) is 0.385. The summed E-state index contributed by atoms with van der Waals surface area (Å²) in [6.07, 6.45) is 0. The molecule has 21 heavy (non-hydrogen) atoms. The third-order valence-corrected chi connectivity index (χ3v) is 2.88. The van der Waals surface area contributed by atoms with Crippen LogP contribution in [-0.2, 0) is 16.1 Å². The average Bonchev–Trinajstić information content (AvgIpc) is 2.68. The van der Waals surface area contributed by atoms with Gasteiger partial charge >= 0.3 is 11.7 Å². The van der Waals surface area contributed by atoms with Crippen molar-refractivity contribution in [2.75, 3.05) is 0 Å². The molecule has 0 N–H and O–H groups in total. The second-order valence-corrected chi connectivity index (χ2v) is 6.31. The molecule has 0 aliphatic heterocycles. The molecule has 0 radical (unpaired) electrons. The van der Waals surface area contributed by atoms with Gasteiger partial charge in [0, 0.05) is 4.47 Å². The van der Waals surface area contributed by atoms with Gasteiger partial charge in [0.2, 0.25) is 0 Å². The Kier molecular flexibility index (Phi) is 4.26. The van der Waals surface area contributed by atoms with Crippen molar-refractivity contribution in [3.63, 3.8) is 0 Å². The largest absolute Gasteiger partial charge is 0.459 e. The van der Waals surface area contributed by atoms with Crippen LogP contribution in [0.2, 0.25) is 0 Å².